The molecule has 2 amide bonds. The van der Waals surface area contributed by atoms with Gasteiger partial charge in [0, 0.05) is 13.1 Å². The Kier molecular flexibility index (Phi) is 4.23. The van der Waals surface area contributed by atoms with E-state index >= 15 is 0 Å². The Morgan fingerprint density at radius 1 is 1.17 bits per heavy atom. The first-order valence-corrected chi connectivity index (χ1v) is 9.99. The molecule has 3 rings (SSSR count). The van der Waals surface area contributed by atoms with Gasteiger partial charge in [0.1, 0.15) is 11.4 Å². The number of nitrogens with one attached hydrogen (secondary N) is 1. The van der Waals surface area contributed by atoms with Gasteiger partial charge in [-0.1, -0.05) is 12.1 Å². The van der Waals surface area contributed by atoms with E-state index in [1.54, 1.807) is 4.90 Å². The second-order valence-electron chi connectivity index (χ2n) is 7.64. The number of carbonyl (C=O) groups is 1. The van der Waals surface area contributed by atoms with E-state index in [4.69, 9.17) is 4.74 Å². The van der Waals surface area contributed by atoms with Crippen LogP contribution in [0.3, 0.4) is 0 Å². The van der Waals surface area contributed by atoms with Crippen LogP contribution in [-0.2, 0) is 9.84 Å². The van der Waals surface area contributed by atoms with Crippen molar-refractivity contribution in [3.63, 3.8) is 0 Å². The van der Waals surface area contributed by atoms with E-state index in [1.165, 1.54) is 0 Å². The first-order chi connectivity index (χ1) is 11.1. The van der Waals surface area contributed by atoms with E-state index in [-0.39, 0.29) is 29.1 Å². The third kappa shape index (κ3) is 3.83. The van der Waals surface area contributed by atoms with E-state index < -0.39 is 9.84 Å². The highest BCUT2D eigenvalue weighted by molar-refractivity contribution is 7.92. The monoisotopic (exact) mass is 352 g/mol. The summed E-state index contributed by atoms with van der Waals surface area (Å²) < 4.78 is 28.4. The van der Waals surface area contributed by atoms with Gasteiger partial charge in [-0.3, -0.25) is 0 Å². The largest absolute Gasteiger partial charge is 0.486 e. The van der Waals surface area contributed by atoms with Crippen LogP contribution in [-0.4, -0.2) is 49.5 Å². The number of likely N-dealkylation sites (tertiary alicyclic amines) is 1. The summed E-state index contributed by atoms with van der Waals surface area (Å²) in [6.45, 7) is 7.11. The molecule has 1 N–H and O–H groups in total. The molecule has 7 heteroatoms. The second kappa shape index (κ2) is 5.95. The van der Waals surface area contributed by atoms with Crippen LogP contribution in [0.4, 0.5) is 10.5 Å². The van der Waals surface area contributed by atoms with Crippen molar-refractivity contribution in [2.45, 2.75) is 26.4 Å². The second-order valence-corrected chi connectivity index (χ2v) is 9.80. The summed E-state index contributed by atoms with van der Waals surface area (Å²) in [6.07, 6.45) is 0. The Morgan fingerprint density at radius 2 is 1.79 bits per heavy atom. The topological polar surface area (TPSA) is 75.7 Å². The van der Waals surface area contributed by atoms with E-state index in [2.05, 4.69) is 5.32 Å². The van der Waals surface area contributed by atoms with Crippen molar-refractivity contribution in [1.82, 2.24) is 4.90 Å². The smallest absolute Gasteiger partial charge is 0.321 e. The molecule has 0 aliphatic carbocycles. The standard InChI is InChI=1S/C17H24N2O4S/c1-17(2,3)23-15-7-5-4-6-14(15)18-16(20)19-8-12(9-19)13-10-24(21,22)11-13/h4-7,12-13H,8-11H2,1-3H3,(H,18,20). The van der Waals surface area contributed by atoms with Crippen molar-refractivity contribution >= 4 is 21.6 Å². The lowest BCUT2D eigenvalue weighted by Gasteiger charge is -2.45. The summed E-state index contributed by atoms with van der Waals surface area (Å²) >= 11 is 0. The summed E-state index contributed by atoms with van der Waals surface area (Å²) in [7, 11) is -2.80. The number of rotatable bonds is 3. The van der Waals surface area contributed by atoms with Gasteiger partial charge in [0.05, 0.1) is 17.2 Å². The fraction of sp³-hybridized carbons (Fsp3) is 0.588. The van der Waals surface area contributed by atoms with E-state index in [9.17, 15) is 13.2 Å². The lowest BCUT2D eigenvalue weighted by atomic mass is 9.88. The van der Waals surface area contributed by atoms with Crippen molar-refractivity contribution in [3.8, 4) is 5.75 Å². The van der Waals surface area contributed by atoms with Gasteiger partial charge in [0.2, 0.25) is 0 Å². The minimum absolute atomic E-state index is 0.168. The average Bonchev–Trinajstić information content (AvgIpc) is 2.35. The zero-order valence-electron chi connectivity index (χ0n) is 14.3. The molecule has 1 aromatic rings. The predicted octanol–water partition coefficient (Wildman–Crippen LogP) is 2.37. The summed E-state index contributed by atoms with van der Waals surface area (Å²) in [5.41, 5.74) is 0.297. The van der Waals surface area contributed by atoms with Gasteiger partial charge >= 0.3 is 6.03 Å². The molecule has 0 bridgehead atoms. The van der Waals surface area contributed by atoms with Crippen LogP contribution in [0.1, 0.15) is 20.8 Å². The Hall–Kier alpha value is -1.76. The van der Waals surface area contributed by atoms with Crippen LogP contribution < -0.4 is 10.1 Å². The Morgan fingerprint density at radius 3 is 2.38 bits per heavy atom. The number of carbonyl (C=O) groups excluding carboxylic acids is 1. The molecule has 0 radical (unpaired) electrons. The zero-order valence-corrected chi connectivity index (χ0v) is 15.1. The maximum atomic E-state index is 12.4. The Labute approximate surface area is 143 Å². The number of ether oxygens (including phenoxy) is 1. The number of anilines is 1. The zero-order chi connectivity index (χ0) is 17.5. The molecule has 0 unspecified atom stereocenters. The molecule has 2 fully saturated rings. The lowest BCUT2D eigenvalue weighted by Crippen LogP contribution is -2.58. The lowest BCUT2D eigenvalue weighted by molar-refractivity contribution is 0.0994. The van der Waals surface area contributed by atoms with Gasteiger partial charge in [-0.15, -0.1) is 0 Å². The normalized spacial score (nSPS) is 20.9. The molecule has 0 spiro atoms. The average molecular weight is 352 g/mol. The number of urea groups is 1. The summed E-state index contributed by atoms with van der Waals surface area (Å²) in [4.78, 5) is 14.1. The molecule has 2 saturated heterocycles. The first kappa shape index (κ1) is 17.1. The van der Waals surface area contributed by atoms with Crippen molar-refractivity contribution in [2.24, 2.45) is 11.8 Å². The van der Waals surface area contributed by atoms with Gasteiger partial charge in [-0.2, -0.15) is 0 Å². The van der Waals surface area contributed by atoms with Crippen LogP contribution in [0, 0.1) is 11.8 Å². The quantitative estimate of drug-likeness (QED) is 0.906. The fourth-order valence-electron chi connectivity index (χ4n) is 3.04. The molecular formula is C17H24N2O4S. The van der Waals surface area contributed by atoms with Crippen molar-refractivity contribution < 1.29 is 17.9 Å². The van der Waals surface area contributed by atoms with Crippen molar-refractivity contribution in [1.29, 1.82) is 0 Å². The molecule has 132 valence electrons. The molecule has 6 nitrogen and oxygen atoms in total. The number of amides is 2. The fourth-order valence-corrected chi connectivity index (χ4v) is 4.79. The number of sulfone groups is 1. The van der Waals surface area contributed by atoms with E-state index in [0.29, 0.717) is 30.4 Å². The van der Waals surface area contributed by atoms with Gasteiger partial charge < -0.3 is 15.0 Å². The van der Waals surface area contributed by atoms with Gasteiger partial charge in [-0.25, -0.2) is 13.2 Å². The van der Waals surface area contributed by atoms with Crippen LogP contribution in [0.15, 0.2) is 24.3 Å². The minimum Gasteiger partial charge on any atom is -0.486 e. The van der Waals surface area contributed by atoms with E-state index in [1.807, 2.05) is 45.0 Å². The number of para-hydroxylation sites is 2. The summed E-state index contributed by atoms with van der Waals surface area (Å²) in [5, 5.41) is 2.89. The van der Waals surface area contributed by atoms with E-state index in [0.717, 1.165) is 0 Å². The number of benzene rings is 1. The highest BCUT2D eigenvalue weighted by atomic mass is 32.2. The van der Waals surface area contributed by atoms with Crippen LogP contribution in [0.2, 0.25) is 0 Å². The highest BCUT2D eigenvalue weighted by Crippen LogP contribution is 2.33. The summed E-state index contributed by atoms with van der Waals surface area (Å²) in [5.74, 6) is 1.71. The maximum Gasteiger partial charge on any atom is 0.321 e. The molecule has 1 aromatic carbocycles. The molecular weight excluding hydrogens is 328 g/mol. The van der Waals surface area contributed by atoms with Crippen LogP contribution in [0.5, 0.6) is 5.75 Å². The molecule has 0 aromatic heterocycles. The first-order valence-electron chi connectivity index (χ1n) is 8.17. The number of hydrogen-bond donors (Lipinski definition) is 1. The minimum atomic E-state index is -2.80. The van der Waals surface area contributed by atoms with Gasteiger partial charge in [0.25, 0.3) is 0 Å². The predicted molar refractivity (Wildman–Crippen MR) is 93.0 cm³/mol. The number of nitrogens with zero attached hydrogens (tertiary/aromatic N) is 1. The molecule has 2 aliphatic rings. The number of hydrogen-bond acceptors (Lipinski definition) is 4. The van der Waals surface area contributed by atoms with Gasteiger partial charge in [-0.05, 0) is 44.7 Å². The maximum absolute atomic E-state index is 12.4. The highest BCUT2D eigenvalue weighted by Gasteiger charge is 2.45. The summed E-state index contributed by atoms with van der Waals surface area (Å²) in [6, 6.07) is 7.20. The van der Waals surface area contributed by atoms with Crippen LogP contribution in [0.25, 0.3) is 0 Å². The Bertz CT molecular complexity index is 721. The van der Waals surface area contributed by atoms with Gasteiger partial charge in [0.15, 0.2) is 9.84 Å². The van der Waals surface area contributed by atoms with Crippen LogP contribution >= 0.6 is 0 Å². The molecule has 0 saturated carbocycles. The Balaban J connectivity index is 1.55. The molecule has 0 atom stereocenters. The molecule has 24 heavy (non-hydrogen) atoms. The third-order valence-corrected chi connectivity index (χ3v) is 6.22. The molecule has 2 heterocycles. The van der Waals surface area contributed by atoms with Crippen molar-refractivity contribution in [2.75, 3.05) is 29.9 Å². The molecule has 2 aliphatic heterocycles. The third-order valence-electron chi connectivity index (χ3n) is 4.34. The van der Waals surface area contributed by atoms with Crippen molar-refractivity contribution in [3.05, 3.63) is 24.3 Å². The SMILES string of the molecule is CC(C)(C)Oc1ccccc1NC(=O)N1CC(C2CS(=O)(=O)C2)C1.